The number of ether oxygens (including phenoxy) is 2. The van der Waals surface area contributed by atoms with Crippen LogP contribution in [-0.4, -0.2) is 18.0 Å². The minimum Gasteiger partial charge on any atom is -0.508 e. The van der Waals surface area contributed by atoms with Gasteiger partial charge in [-0.05, 0) is 18.2 Å². The summed E-state index contributed by atoms with van der Waals surface area (Å²) in [7, 11) is 0. The van der Waals surface area contributed by atoms with E-state index in [0.29, 0.717) is 12.4 Å². The van der Waals surface area contributed by atoms with Crippen molar-refractivity contribution in [2.45, 2.75) is 25.0 Å². The minimum absolute atomic E-state index is 0.0109. The Kier molecular flexibility index (Phi) is 1.40. The van der Waals surface area contributed by atoms with Gasteiger partial charge in [0.15, 0.2) is 0 Å². The van der Waals surface area contributed by atoms with Gasteiger partial charge in [-0.2, -0.15) is 0 Å². The molecule has 2 heterocycles. The predicted octanol–water partition coefficient (Wildman–Crippen LogP) is 1.79. The van der Waals surface area contributed by atoms with E-state index < -0.39 is 0 Å². The highest BCUT2D eigenvalue weighted by Crippen LogP contribution is 2.46. The van der Waals surface area contributed by atoms with E-state index in [9.17, 15) is 5.11 Å². The van der Waals surface area contributed by atoms with Crippen LogP contribution < -0.4 is 4.74 Å². The molecule has 0 aliphatic carbocycles. The van der Waals surface area contributed by atoms with E-state index in [2.05, 4.69) is 6.92 Å². The molecule has 0 aromatic heterocycles. The molecule has 3 nitrogen and oxygen atoms in total. The molecule has 0 saturated carbocycles. The SMILES string of the molecule is C[C@@]12CO[C@@H](C1)Oc1ccc(O)cc12. The molecule has 0 spiro atoms. The van der Waals surface area contributed by atoms with Gasteiger partial charge in [-0.1, -0.05) is 6.92 Å². The zero-order valence-corrected chi connectivity index (χ0v) is 7.99. The number of hydrogen-bond donors (Lipinski definition) is 1. The Morgan fingerprint density at radius 2 is 2.36 bits per heavy atom. The smallest absolute Gasteiger partial charge is 0.200 e. The largest absolute Gasteiger partial charge is 0.508 e. The molecule has 1 fully saturated rings. The van der Waals surface area contributed by atoms with Gasteiger partial charge in [0.25, 0.3) is 0 Å². The van der Waals surface area contributed by atoms with Crippen LogP contribution in [0.5, 0.6) is 11.5 Å². The first-order chi connectivity index (χ1) is 6.67. The number of phenolic OH excluding ortho intramolecular Hbond substituents is 1. The third kappa shape index (κ3) is 0.960. The first kappa shape index (κ1) is 8.12. The van der Waals surface area contributed by atoms with Crippen LogP contribution in [0.3, 0.4) is 0 Å². The second-order valence-electron chi connectivity index (χ2n) is 4.30. The Balaban J connectivity index is 2.19. The molecule has 2 bridgehead atoms. The average Bonchev–Trinajstić information content (AvgIpc) is 2.47. The number of phenols is 1. The predicted molar refractivity (Wildman–Crippen MR) is 50.4 cm³/mol. The van der Waals surface area contributed by atoms with Crippen LogP contribution in [-0.2, 0) is 10.2 Å². The summed E-state index contributed by atoms with van der Waals surface area (Å²) in [5.41, 5.74) is 1.07. The van der Waals surface area contributed by atoms with Crippen LogP contribution in [0.2, 0.25) is 0 Å². The Hall–Kier alpha value is -1.22. The van der Waals surface area contributed by atoms with Crippen LogP contribution in [0.4, 0.5) is 0 Å². The molecule has 2 atom stereocenters. The molecule has 3 heteroatoms. The van der Waals surface area contributed by atoms with E-state index in [1.165, 1.54) is 0 Å². The van der Waals surface area contributed by atoms with E-state index in [1.807, 2.05) is 6.07 Å². The van der Waals surface area contributed by atoms with Crippen molar-refractivity contribution in [2.75, 3.05) is 6.61 Å². The fourth-order valence-corrected chi connectivity index (χ4v) is 2.26. The van der Waals surface area contributed by atoms with Gasteiger partial charge in [0.05, 0.1) is 6.61 Å². The van der Waals surface area contributed by atoms with Gasteiger partial charge in [-0.15, -0.1) is 0 Å². The number of hydrogen-bond acceptors (Lipinski definition) is 3. The molecular weight excluding hydrogens is 180 g/mol. The number of rotatable bonds is 0. The summed E-state index contributed by atoms with van der Waals surface area (Å²) in [6, 6.07) is 5.23. The molecule has 0 unspecified atom stereocenters. The summed E-state index contributed by atoms with van der Waals surface area (Å²) in [6.07, 6.45) is 0.778. The zero-order chi connectivity index (χ0) is 9.76. The maximum Gasteiger partial charge on any atom is 0.200 e. The van der Waals surface area contributed by atoms with Gasteiger partial charge >= 0.3 is 0 Å². The van der Waals surface area contributed by atoms with Crippen molar-refractivity contribution in [1.29, 1.82) is 0 Å². The lowest BCUT2D eigenvalue weighted by molar-refractivity contribution is -0.0380. The van der Waals surface area contributed by atoms with E-state index in [1.54, 1.807) is 12.1 Å². The van der Waals surface area contributed by atoms with E-state index in [-0.39, 0.29) is 11.7 Å². The maximum atomic E-state index is 9.43. The van der Waals surface area contributed by atoms with E-state index in [0.717, 1.165) is 17.7 Å². The molecule has 1 aromatic rings. The summed E-state index contributed by atoms with van der Waals surface area (Å²) >= 11 is 0. The fourth-order valence-electron chi connectivity index (χ4n) is 2.26. The molecule has 3 rings (SSSR count). The number of benzene rings is 1. The molecule has 0 amide bonds. The van der Waals surface area contributed by atoms with Crippen molar-refractivity contribution in [2.24, 2.45) is 0 Å². The highest BCUT2D eigenvalue weighted by molar-refractivity contribution is 5.46. The monoisotopic (exact) mass is 192 g/mol. The lowest BCUT2D eigenvalue weighted by Crippen LogP contribution is -2.28. The highest BCUT2D eigenvalue weighted by atomic mass is 16.7. The zero-order valence-electron chi connectivity index (χ0n) is 7.99. The van der Waals surface area contributed by atoms with E-state index >= 15 is 0 Å². The topological polar surface area (TPSA) is 38.7 Å². The Labute approximate surface area is 82.3 Å². The quantitative estimate of drug-likeness (QED) is 0.681. The average molecular weight is 192 g/mol. The van der Waals surface area contributed by atoms with Crippen LogP contribution in [0, 0.1) is 0 Å². The summed E-state index contributed by atoms with van der Waals surface area (Å²) < 4.78 is 11.1. The second kappa shape index (κ2) is 2.42. The highest BCUT2D eigenvalue weighted by Gasteiger charge is 2.44. The van der Waals surface area contributed by atoms with Crippen LogP contribution >= 0.6 is 0 Å². The van der Waals surface area contributed by atoms with Gasteiger partial charge < -0.3 is 14.6 Å². The molecule has 1 N–H and O–H groups in total. The van der Waals surface area contributed by atoms with Crippen molar-refractivity contribution in [1.82, 2.24) is 0 Å². The number of aromatic hydroxyl groups is 1. The van der Waals surface area contributed by atoms with Gasteiger partial charge in [0, 0.05) is 17.4 Å². The van der Waals surface area contributed by atoms with Crippen molar-refractivity contribution in [3.05, 3.63) is 23.8 Å². The Morgan fingerprint density at radius 1 is 1.50 bits per heavy atom. The van der Waals surface area contributed by atoms with Crippen molar-refractivity contribution in [3.63, 3.8) is 0 Å². The summed E-state index contributed by atoms with van der Waals surface area (Å²) in [6.45, 7) is 2.82. The first-order valence-corrected chi connectivity index (χ1v) is 4.79. The molecule has 2 aliphatic rings. The molecule has 1 aromatic carbocycles. The lowest BCUT2D eigenvalue weighted by Gasteiger charge is -2.29. The molecule has 74 valence electrons. The first-order valence-electron chi connectivity index (χ1n) is 4.79. The molecule has 2 aliphatic heterocycles. The summed E-state index contributed by atoms with van der Waals surface area (Å²) in [5, 5.41) is 9.43. The second-order valence-corrected chi connectivity index (χ2v) is 4.30. The summed E-state index contributed by atoms with van der Waals surface area (Å²) in [4.78, 5) is 0. The standard InChI is InChI=1S/C11H12O3/c1-11-5-10(13-6-11)14-9-3-2-7(12)4-8(9)11/h2-4,10,12H,5-6H2,1H3/t10-,11+/m1/s1. The minimum atomic E-state index is -0.1000. The van der Waals surface area contributed by atoms with Gasteiger partial charge in [-0.25, -0.2) is 0 Å². The maximum absolute atomic E-state index is 9.43. The molecule has 14 heavy (non-hydrogen) atoms. The van der Waals surface area contributed by atoms with Crippen molar-refractivity contribution >= 4 is 0 Å². The molecule has 1 saturated heterocycles. The van der Waals surface area contributed by atoms with E-state index in [4.69, 9.17) is 9.47 Å². The summed E-state index contributed by atoms with van der Waals surface area (Å²) in [5.74, 6) is 1.14. The Morgan fingerprint density at radius 3 is 3.21 bits per heavy atom. The van der Waals surface area contributed by atoms with Crippen LogP contribution in [0.1, 0.15) is 18.9 Å². The fraction of sp³-hybridized carbons (Fsp3) is 0.455. The molecular formula is C11H12O3. The third-order valence-electron chi connectivity index (χ3n) is 3.08. The van der Waals surface area contributed by atoms with Crippen molar-refractivity contribution in [3.8, 4) is 11.5 Å². The van der Waals surface area contributed by atoms with Crippen LogP contribution in [0.15, 0.2) is 18.2 Å². The lowest BCUT2D eigenvalue weighted by atomic mass is 9.80. The third-order valence-corrected chi connectivity index (χ3v) is 3.08. The van der Waals surface area contributed by atoms with Crippen molar-refractivity contribution < 1.29 is 14.6 Å². The molecule has 0 radical (unpaired) electrons. The number of fused-ring (bicyclic) bond motifs is 4. The van der Waals surface area contributed by atoms with Gasteiger partial charge in [0.1, 0.15) is 11.5 Å². The van der Waals surface area contributed by atoms with Crippen LogP contribution in [0.25, 0.3) is 0 Å². The van der Waals surface area contributed by atoms with Gasteiger partial charge in [-0.3, -0.25) is 0 Å². The Bertz CT molecular complexity index is 388. The normalized spacial score (nSPS) is 33.6. The van der Waals surface area contributed by atoms with Gasteiger partial charge in [0.2, 0.25) is 6.29 Å².